The zero-order valence-electron chi connectivity index (χ0n) is 58.5. The van der Waals surface area contributed by atoms with Crippen molar-refractivity contribution < 1.29 is 72.8 Å². The SMILES string of the molecule is C#CCOc1ccc2nc(C)sc2c1.CCOC(=O)C1CCN(C(=O)[C@H](Cc2ccc(OCCOS(=O)(=O)c3ccc(C)cc3)cc2)N=[N+]=[N-])CC1.CCOC(=O)C1CCN(C(=O)[C@H](Cc2ccc(OCCOS(=O)(=O)c3ccc(C)cc3)cc2)n2cc(COc3ccc4nc(C)sc4c3)nn2)CC1. The van der Waals surface area contributed by atoms with Gasteiger partial charge in [0, 0.05) is 37.5 Å². The second-order valence-corrected chi connectivity index (χ2v) is 29.9. The van der Waals surface area contributed by atoms with E-state index in [-0.39, 0.29) is 84.8 Å². The maximum absolute atomic E-state index is 14.1. The Balaban J connectivity index is 0.000000209. The Morgan fingerprint density at radius 1 is 0.587 bits per heavy atom. The van der Waals surface area contributed by atoms with E-state index in [0.29, 0.717) is 101 Å². The summed E-state index contributed by atoms with van der Waals surface area (Å²) >= 11 is 3.25. The quantitative estimate of drug-likeness (QED) is 0.00799. The van der Waals surface area contributed by atoms with Crippen LogP contribution in [0, 0.1) is 51.9 Å². The number of thiazole rings is 2. The lowest BCUT2D eigenvalue weighted by atomic mass is 9.96. The molecule has 0 bridgehead atoms. The minimum atomic E-state index is -3.89. The number of likely N-dealkylation sites (tertiary alicyclic amines) is 2. The molecule has 2 aliphatic heterocycles. The summed E-state index contributed by atoms with van der Waals surface area (Å²) in [5.74, 6) is 3.62. The van der Waals surface area contributed by atoms with Gasteiger partial charge in [-0.1, -0.05) is 75.9 Å². The Bertz CT molecular complexity index is 4680. The van der Waals surface area contributed by atoms with Crippen LogP contribution in [-0.4, -0.2) is 154 Å². The van der Waals surface area contributed by atoms with Crippen LogP contribution in [0.2, 0.25) is 0 Å². The largest absolute Gasteiger partial charge is 0.491 e. The summed E-state index contributed by atoms with van der Waals surface area (Å²) in [4.78, 5) is 66.6. The van der Waals surface area contributed by atoms with Crippen LogP contribution >= 0.6 is 22.7 Å². The second-order valence-electron chi connectivity index (χ2n) is 24.2. The molecule has 0 radical (unpaired) electrons. The van der Waals surface area contributed by atoms with Crippen molar-refractivity contribution in [2.24, 2.45) is 17.0 Å². The number of benzene rings is 6. The first-order chi connectivity index (χ1) is 50.1. The minimum Gasteiger partial charge on any atom is -0.491 e. The van der Waals surface area contributed by atoms with Gasteiger partial charge in [0.2, 0.25) is 11.8 Å². The molecular weight excluding hydrogens is 1410 g/mol. The topological polar surface area (TPSA) is 322 Å². The van der Waals surface area contributed by atoms with Gasteiger partial charge in [0.1, 0.15) is 80.4 Å². The molecule has 0 saturated carbocycles. The lowest BCUT2D eigenvalue weighted by molar-refractivity contribution is -0.152. The van der Waals surface area contributed by atoms with Crippen molar-refractivity contribution in [1.29, 1.82) is 0 Å². The first kappa shape index (κ1) is 78.2. The van der Waals surface area contributed by atoms with Gasteiger partial charge in [-0.15, -0.1) is 34.2 Å². The first-order valence-electron chi connectivity index (χ1n) is 33.8. The third-order valence-electron chi connectivity index (χ3n) is 16.6. The number of rotatable bonds is 29. The van der Waals surface area contributed by atoms with Gasteiger partial charge in [-0.25, -0.2) is 14.6 Å². The van der Waals surface area contributed by atoms with Crippen LogP contribution in [0.5, 0.6) is 23.0 Å². The summed E-state index contributed by atoms with van der Waals surface area (Å²) in [7, 11) is -7.75. The summed E-state index contributed by atoms with van der Waals surface area (Å²) in [6.07, 6.45) is 9.44. The third kappa shape index (κ3) is 22.8. The Hall–Kier alpha value is -9.99. The lowest BCUT2D eigenvalue weighted by Gasteiger charge is -2.33. The number of fused-ring (bicyclic) bond motifs is 2. The van der Waals surface area contributed by atoms with E-state index in [9.17, 15) is 36.0 Å². The van der Waals surface area contributed by atoms with Gasteiger partial charge in [0.05, 0.1) is 71.5 Å². The number of terminal acetylenes is 1. The van der Waals surface area contributed by atoms with Crippen molar-refractivity contribution in [3.8, 4) is 35.3 Å². The molecule has 0 spiro atoms. The molecule has 3 aromatic heterocycles. The third-order valence-corrected chi connectivity index (χ3v) is 21.2. The standard InChI is InChI=1S/C37H41N5O8S2.C26H32N4O7S.C11H9NOS/c1-4-47-37(44)28-15-17-41(18-16-28)36(43)34(42-23-29(39-40-42)24-49-31-11-14-33-35(22-31)51-26(3)38-33)21-27-7-9-30(10-8-27)48-19-20-50-52(45,46)32-12-5-25(2)6-13-32;1-3-35-26(32)21-12-14-30(15-13-21)25(31)24(28-29-27)18-20-6-8-22(9-7-20)36-16-17-37-38(33,34)23-10-4-19(2)5-11-23;1-3-6-13-9-4-5-10-11(7-9)14-8(2)12-10/h5-14,22-23,28,34H,4,15-21,24H2,1-3H3;4-11,21,24H,3,12-18H2,1-2H3;1,4-5,7H,6H2,2H3/t34-;24-;/m00./s1. The van der Waals surface area contributed by atoms with Crippen molar-refractivity contribution in [2.75, 3.05) is 72.4 Å². The average Bonchev–Trinajstić information content (AvgIpc) is 1.73. The van der Waals surface area contributed by atoms with Gasteiger partial charge >= 0.3 is 11.9 Å². The average molecular weight is 1500 g/mol. The number of esters is 2. The molecule has 2 aliphatic rings. The second kappa shape index (κ2) is 38.0. The molecule has 2 fully saturated rings. The molecule has 11 rings (SSSR count). The first-order valence-corrected chi connectivity index (χ1v) is 38.2. The number of piperidine rings is 2. The van der Waals surface area contributed by atoms with Gasteiger partial charge < -0.3 is 38.2 Å². The highest BCUT2D eigenvalue weighted by molar-refractivity contribution is 7.87. The van der Waals surface area contributed by atoms with E-state index in [1.165, 1.54) is 24.3 Å². The van der Waals surface area contributed by atoms with Crippen LogP contribution in [0.4, 0.5) is 0 Å². The molecule has 2 atom stereocenters. The Labute approximate surface area is 612 Å². The summed E-state index contributed by atoms with van der Waals surface area (Å²) in [5.41, 5.74) is 15.0. The molecule has 26 nitrogen and oxygen atoms in total. The molecule has 0 unspecified atom stereocenters. The highest BCUT2D eigenvalue weighted by atomic mass is 32.2. The molecule has 0 aliphatic carbocycles. The molecular formula is C74H82N10O16S4. The minimum absolute atomic E-state index is 0.0199. The van der Waals surface area contributed by atoms with Gasteiger partial charge in [0.15, 0.2) is 0 Å². The van der Waals surface area contributed by atoms with Crippen LogP contribution in [0.1, 0.15) is 83.5 Å². The van der Waals surface area contributed by atoms with E-state index in [1.807, 2.05) is 76.2 Å². The predicted octanol–water partition coefficient (Wildman–Crippen LogP) is 11.9. The highest BCUT2D eigenvalue weighted by Crippen LogP contribution is 2.30. The molecule has 0 N–H and O–H groups in total. The smallest absolute Gasteiger partial charge is 0.309 e. The summed E-state index contributed by atoms with van der Waals surface area (Å²) < 4.78 is 96.2. The molecule has 2 saturated heterocycles. The number of aryl methyl sites for hydroxylation is 4. The fourth-order valence-electron chi connectivity index (χ4n) is 11.2. The summed E-state index contributed by atoms with van der Waals surface area (Å²) in [6, 6.07) is 36.8. The van der Waals surface area contributed by atoms with E-state index in [2.05, 4.69) is 36.2 Å². The van der Waals surface area contributed by atoms with E-state index in [1.54, 1.807) is 118 Å². The number of carbonyl (C=O) groups is 4. The van der Waals surface area contributed by atoms with Crippen LogP contribution < -0.4 is 18.9 Å². The fourth-order valence-corrected chi connectivity index (χ4v) is 14.7. The Morgan fingerprint density at radius 2 is 1.03 bits per heavy atom. The number of aromatic nitrogens is 5. The number of hydrogen-bond donors (Lipinski definition) is 0. The van der Waals surface area contributed by atoms with Crippen LogP contribution in [0.25, 0.3) is 30.9 Å². The zero-order chi connectivity index (χ0) is 74.2. The molecule has 2 amide bonds. The van der Waals surface area contributed by atoms with E-state index in [4.69, 9.17) is 48.7 Å². The molecule has 30 heteroatoms. The monoisotopic (exact) mass is 1490 g/mol. The van der Waals surface area contributed by atoms with Crippen LogP contribution in [0.15, 0.2) is 155 Å². The molecule has 548 valence electrons. The lowest BCUT2D eigenvalue weighted by Crippen LogP contribution is -2.45. The normalized spacial score (nSPS) is 13.9. The Kier molecular flexibility index (Phi) is 28.5. The number of carbonyl (C=O) groups excluding carboxylic acids is 4. The van der Waals surface area contributed by atoms with Crippen LogP contribution in [-0.2, 0) is 76.7 Å². The van der Waals surface area contributed by atoms with Crippen molar-refractivity contribution in [1.82, 2.24) is 34.8 Å². The predicted molar refractivity (Wildman–Crippen MR) is 391 cm³/mol. The maximum Gasteiger partial charge on any atom is 0.309 e. The Morgan fingerprint density at radius 3 is 1.48 bits per heavy atom. The highest BCUT2D eigenvalue weighted by Gasteiger charge is 2.34. The van der Waals surface area contributed by atoms with E-state index >= 15 is 0 Å². The number of amides is 2. The van der Waals surface area contributed by atoms with Gasteiger partial charge in [-0.2, -0.15) is 16.8 Å². The summed E-state index contributed by atoms with van der Waals surface area (Å²) in [5, 5.41) is 14.4. The maximum atomic E-state index is 14.1. The molecule has 104 heavy (non-hydrogen) atoms. The van der Waals surface area contributed by atoms with Crippen molar-refractivity contribution in [3.63, 3.8) is 0 Å². The number of hydrogen-bond acceptors (Lipinski definition) is 23. The number of nitrogens with zero attached hydrogens (tertiary/aromatic N) is 10. The fraction of sp³-hybridized carbons (Fsp3) is 0.378. The van der Waals surface area contributed by atoms with Gasteiger partial charge in [-0.3, -0.25) is 27.5 Å². The molecule has 6 aromatic carbocycles. The molecule has 9 aromatic rings. The van der Waals surface area contributed by atoms with Gasteiger partial charge in [0.25, 0.3) is 20.2 Å². The van der Waals surface area contributed by atoms with E-state index in [0.717, 1.165) is 58.5 Å². The van der Waals surface area contributed by atoms with Crippen LogP contribution in [0.3, 0.4) is 0 Å². The molecule has 5 heterocycles. The van der Waals surface area contributed by atoms with Gasteiger partial charge in [-0.05, 0) is 175 Å². The summed E-state index contributed by atoms with van der Waals surface area (Å²) in [6.45, 7) is 13.7. The number of ether oxygens (including phenoxy) is 6. The van der Waals surface area contributed by atoms with Crippen molar-refractivity contribution in [3.05, 3.63) is 188 Å². The van der Waals surface area contributed by atoms with Crippen molar-refractivity contribution in [2.45, 2.75) is 109 Å². The van der Waals surface area contributed by atoms with E-state index < -0.39 is 32.3 Å². The number of azide groups is 1. The zero-order valence-corrected chi connectivity index (χ0v) is 61.8. The van der Waals surface area contributed by atoms with Crippen molar-refractivity contribution >= 4 is 87.1 Å².